The second-order valence-corrected chi connectivity index (χ2v) is 5.23. The summed E-state index contributed by atoms with van der Waals surface area (Å²) in [6.07, 6.45) is 3.36. The summed E-state index contributed by atoms with van der Waals surface area (Å²) in [5, 5.41) is 0. The summed E-state index contributed by atoms with van der Waals surface area (Å²) < 4.78 is 1.21. The number of nitrogens with zero attached hydrogens (tertiary/aromatic N) is 1. The number of carbonyl (C=O) groups excluding carboxylic acids is 1. The molecular weight excluding hydrogens is 276 g/mol. The molecule has 1 aromatic heterocycles. The first kappa shape index (κ1) is 14.3. The zero-order valence-electron chi connectivity index (χ0n) is 11.2. The van der Waals surface area contributed by atoms with Crippen LogP contribution in [0.2, 0.25) is 0 Å². The minimum atomic E-state index is -0.574. The van der Waals surface area contributed by atoms with Gasteiger partial charge < -0.3 is 0 Å². The molecule has 0 saturated heterocycles. The number of H-pyrrole nitrogens is 1. The molecule has 0 atom stereocenters. The van der Waals surface area contributed by atoms with Gasteiger partial charge in [-0.2, -0.15) is 0 Å². The molecule has 0 spiro atoms. The number of thioether (sulfide) groups is 1. The average molecular weight is 290 g/mol. The molecule has 104 valence electrons. The molecule has 0 bridgehead atoms. The molecule has 2 aromatic rings. The summed E-state index contributed by atoms with van der Waals surface area (Å²) in [4.78, 5) is 38.2. The Balaban J connectivity index is 2.25. The van der Waals surface area contributed by atoms with E-state index < -0.39 is 11.2 Å². The summed E-state index contributed by atoms with van der Waals surface area (Å²) >= 11 is 1.59. The highest BCUT2D eigenvalue weighted by Crippen LogP contribution is 2.15. The molecule has 20 heavy (non-hydrogen) atoms. The van der Waals surface area contributed by atoms with Crippen LogP contribution in [0.25, 0.3) is 0 Å². The lowest BCUT2D eigenvalue weighted by Gasteiger charge is -2.06. The normalized spacial score (nSPS) is 10.5. The van der Waals surface area contributed by atoms with E-state index in [1.54, 1.807) is 30.8 Å². The van der Waals surface area contributed by atoms with Crippen molar-refractivity contribution in [1.29, 1.82) is 0 Å². The Morgan fingerprint density at radius 2 is 1.90 bits per heavy atom. The van der Waals surface area contributed by atoms with Gasteiger partial charge in [-0.05, 0) is 25.3 Å². The Kier molecular flexibility index (Phi) is 4.24. The van der Waals surface area contributed by atoms with Gasteiger partial charge >= 0.3 is 5.69 Å². The molecule has 0 radical (unpaired) electrons. The lowest BCUT2D eigenvalue weighted by molar-refractivity contribution is 0.0970. The average Bonchev–Trinajstić information content (AvgIpc) is 2.44. The Hall–Kier alpha value is -2.08. The number of carbonyl (C=O) groups is 1. The Morgan fingerprint density at radius 1 is 1.25 bits per heavy atom. The minimum absolute atomic E-state index is 0.0882. The van der Waals surface area contributed by atoms with Crippen LogP contribution in [0.15, 0.2) is 44.9 Å². The van der Waals surface area contributed by atoms with Crippen LogP contribution in [0.1, 0.15) is 15.9 Å². The van der Waals surface area contributed by atoms with E-state index in [0.29, 0.717) is 11.1 Å². The van der Waals surface area contributed by atoms with Gasteiger partial charge in [-0.3, -0.25) is 19.1 Å². The van der Waals surface area contributed by atoms with Crippen LogP contribution in [0.4, 0.5) is 0 Å². The first-order valence-electron chi connectivity index (χ1n) is 5.99. The Morgan fingerprint density at radius 3 is 2.50 bits per heavy atom. The molecule has 0 aliphatic heterocycles. The molecular formula is C14H14N2O3S. The van der Waals surface area contributed by atoms with E-state index in [1.807, 2.05) is 18.4 Å². The lowest BCUT2D eigenvalue weighted by Crippen LogP contribution is -2.32. The Labute approximate surface area is 119 Å². The third kappa shape index (κ3) is 3.08. The van der Waals surface area contributed by atoms with E-state index >= 15 is 0 Å². The maximum atomic E-state index is 12.1. The number of aromatic amines is 1. The molecule has 5 nitrogen and oxygen atoms in total. The highest BCUT2D eigenvalue weighted by molar-refractivity contribution is 7.98. The van der Waals surface area contributed by atoms with Crippen molar-refractivity contribution in [3.8, 4) is 0 Å². The van der Waals surface area contributed by atoms with Gasteiger partial charge in [0.15, 0.2) is 5.78 Å². The maximum absolute atomic E-state index is 12.1. The van der Waals surface area contributed by atoms with Crippen LogP contribution in [-0.2, 0) is 6.54 Å². The summed E-state index contributed by atoms with van der Waals surface area (Å²) in [7, 11) is 0. The van der Waals surface area contributed by atoms with E-state index in [9.17, 15) is 14.4 Å². The molecule has 0 aliphatic rings. The number of ketones is 1. The van der Waals surface area contributed by atoms with Gasteiger partial charge in [-0.25, -0.2) is 4.79 Å². The van der Waals surface area contributed by atoms with Crippen molar-refractivity contribution >= 4 is 17.5 Å². The third-order valence-corrected chi connectivity index (χ3v) is 3.66. The van der Waals surface area contributed by atoms with E-state index in [4.69, 9.17) is 0 Å². The summed E-state index contributed by atoms with van der Waals surface area (Å²) in [6.45, 7) is 1.50. The molecule has 1 N–H and O–H groups in total. The number of benzene rings is 1. The zero-order valence-corrected chi connectivity index (χ0v) is 12.0. The van der Waals surface area contributed by atoms with Gasteiger partial charge in [0.1, 0.15) is 0 Å². The van der Waals surface area contributed by atoms with E-state index in [2.05, 4.69) is 4.98 Å². The molecule has 0 saturated carbocycles. The minimum Gasteiger partial charge on any atom is -0.293 e. The first-order valence-corrected chi connectivity index (χ1v) is 7.21. The van der Waals surface area contributed by atoms with Crippen LogP contribution >= 0.6 is 11.8 Å². The highest BCUT2D eigenvalue weighted by Gasteiger charge is 2.09. The van der Waals surface area contributed by atoms with Crippen LogP contribution in [-0.4, -0.2) is 21.6 Å². The van der Waals surface area contributed by atoms with Crippen molar-refractivity contribution in [2.45, 2.75) is 18.4 Å². The van der Waals surface area contributed by atoms with Gasteiger partial charge in [0.05, 0.1) is 6.54 Å². The number of aromatic nitrogens is 2. The molecule has 0 unspecified atom stereocenters. The number of rotatable bonds is 4. The number of hydrogen-bond acceptors (Lipinski definition) is 4. The Bertz CT molecular complexity index is 744. The fraction of sp³-hybridized carbons (Fsp3) is 0.214. The summed E-state index contributed by atoms with van der Waals surface area (Å²) in [5.74, 6) is -0.175. The fourth-order valence-corrected chi connectivity index (χ4v) is 2.17. The zero-order chi connectivity index (χ0) is 14.7. The van der Waals surface area contributed by atoms with Crippen molar-refractivity contribution in [2.75, 3.05) is 6.26 Å². The fourth-order valence-electron chi connectivity index (χ4n) is 1.76. The van der Waals surface area contributed by atoms with Crippen LogP contribution < -0.4 is 11.2 Å². The maximum Gasteiger partial charge on any atom is 0.328 e. The standard InChI is InChI=1S/C14H14N2O3S/c1-9-7-16(14(19)15-13(9)18)8-12(17)10-3-5-11(20-2)6-4-10/h3-7H,8H2,1-2H3,(H,15,18,19). The first-order chi connectivity index (χ1) is 9.51. The summed E-state index contributed by atoms with van der Waals surface area (Å²) in [6, 6.07) is 7.19. The topological polar surface area (TPSA) is 71.9 Å². The van der Waals surface area contributed by atoms with Crippen molar-refractivity contribution in [2.24, 2.45) is 0 Å². The van der Waals surface area contributed by atoms with Gasteiger partial charge in [0.25, 0.3) is 5.56 Å². The van der Waals surface area contributed by atoms with E-state index in [1.165, 1.54) is 10.8 Å². The quantitative estimate of drug-likeness (QED) is 0.683. The predicted octanol–water partition coefficient (Wildman–Crippen LogP) is 1.45. The SMILES string of the molecule is CSc1ccc(C(=O)Cn2cc(C)c(=O)[nH]c2=O)cc1. The van der Waals surface area contributed by atoms with Crippen LogP contribution in [0.3, 0.4) is 0 Å². The molecule has 0 aliphatic carbocycles. The van der Waals surface area contributed by atoms with E-state index in [-0.39, 0.29) is 12.3 Å². The number of Topliss-reactive ketones (excluding diaryl/α,β-unsaturated/α-hetero) is 1. The monoisotopic (exact) mass is 290 g/mol. The van der Waals surface area contributed by atoms with Crippen molar-refractivity contribution in [1.82, 2.24) is 9.55 Å². The number of hydrogen-bond donors (Lipinski definition) is 1. The van der Waals surface area contributed by atoms with Gasteiger partial charge in [-0.1, -0.05) is 12.1 Å². The molecule has 6 heteroatoms. The van der Waals surface area contributed by atoms with Gasteiger partial charge in [0.2, 0.25) is 0 Å². The highest BCUT2D eigenvalue weighted by atomic mass is 32.2. The number of aryl methyl sites for hydroxylation is 1. The molecule has 1 aromatic carbocycles. The van der Waals surface area contributed by atoms with Crippen molar-refractivity contribution in [3.63, 3.8) is 0 Å². The lowest BCUT2D eigenvalue weighted by atomic mass is 10.1. The van der Waals surface area contributed by atoms with Crippen LogP contribution in [0, 0.1) is 6.92 Å². The third-order valence-electron chi connectivity index (χ3n) is 2.91. The number of nitrogens with one attached hydrogen (secondary N) is 1. The van der Waals surface area contributed by atoms with Crippen LogP contribution in [0.5, 0.6) is 0 Å². The second-order valence-electron chi connectivity index (χ2n) is 4.35. The summed E-state index contributed by atoms with van der Waals surface area (Å²) in [5.41, 5.74) is -0.0635. The predicted molar refractivity (Wildman–Crippen MR) is 78.6 cm³/mol. The van der Waals surface area contributed by atoms with E-state index in [0.717, 1.165) is 4.90 Å². The van der Waals surface area contributed by atoms with Gasteiger partial charge in [-0.15, -0.1) is 11.8 Å². The van der Waals surface area contributed by atoms with Crippen molar-refractivity contribution in [3.05, 3.63) is 62.4 Å². The molecule has 0 amide bonds. The molecule has 2 rings (SSSR count). The second kappa shape index (κ2) is 5.92. The largest absolute Gasteiger partial charge is 0.328 e. The van der Waals surface area contributed by atoms with Gasteiger partial charge in [0, 0.05) is 22.2 Å². The van der Waals surface area contributed by atoms with Crippen molar-refractivity contribution < 1.29 is 4.79 Å². The smallest absolute Gasteiger partial charge is 0.293 e. The molecule has 0 fully saturated rings. The molecule has 1 heterocycles.